The number of carbonyl (C=O) groups excluding carboxylic acids is 2. The van der Waals surface area contributed by atoms with Crippen LogP contribution < -0.4 is 10.6 Å². The largest absolute Gasteiger partial charge is 0.481 e. The Labute approximate surface area is 226 Å². The molecule has 0 saturated heterocycles. The van der Waals surface area contributed by atoms with E-state index < -0.39 is 12.0 Å². The van der Waals surface area contributed by atoms with Crippen molar-refractivity contribution in [3.8, 4) is 0 Å². The van der Waals surface area contributed by atoms with E-state index in [0.717, 1.165) is 33.2 Å². The van der Waals surface area contributed by atoms with E-state index in [1.165, 1.54) is 4.68 Å². The fourth-order valence-electron chi connectivity index (χ4n) is 4.70. The van der Waals surface area contributed by atoms with Gasteiger partial charge in [-0.1, -0.05) is 18.2 Å². The average Bonchev–Trinajstić information content (AvgIpc) is 3.52. The summed E-state index contributed by atoms with van der Waals surface area (Å²) in [6.07, 6.45) is 6.88. The molecule has 4 rings (SSSR count). The fourth-order valence-corrected chi connectivity index (χ4v) is 4.70. The number of carbonyl (C=O) groups is 3. The topological polar surface area (TPSA) is 138 Å². The van der Waals surface area contributed by atoms with Crippen molar-refractivity contribution in [2.45, 2.75) is 52.3 Å². The quantitative estimate of drug-likeness (QED) is 0.233. The smallest absolute Gasteiger partial charge is 0.303 e. The molecule has 0 aliphatic heterocycles. The lowest BCUT2D eigenvalue weighted by Crippen LogP contribution is -2.24. The van der Waals surface area contributed by atoms with E-state index in [1.807, 2.05) is 42.0 Å². The summed E-state index contributed by atoms with van der Waals surface area (Å²) in [7, 11) is 1.58. The number of nitrogens with one attached hydrogen (secondary N) is 2. The molecule has 0 spiro atoms. The number of fused-ring (bicyclic) bond motifs is 1. The zero-order chi connectivity index (χ0) is 28.1. The molecule has 4 aromatic rings. The molecule has 0 fully saturated rings. The van der Waals surface area contributed by atoms with Gasteiger partial charge in [0.05, 0.1) is 6.20 Å². The standard InChI is InChI=1S/C29H33N5O5/c1-18-15-34(26-13-23(29(39)30-3)9-10-24(18)26)19(2)28(38)32-25-12-20(11-21-14-31-33(16-21)17-35)7-8-22(25)5-4-6-27(36)37/h7-10,12-16,19,35H,4-6,11,17H2,1-3H3,(H,30,39)(H,32,38)(H,36,37). The van der Waals surface area contributed by atoms with Crippen LogP contribution in [0.2, 0.25) is 0 Å². The number of hydrogen-bond acceptors (Lipinski definition) is 5. The van der Waals surface area contributed by atoms with Crippen LogP contribution in [0.3, 0.4) is 0 Å². The molecule has 204 valence electrons. The van der Waals surface area contributed by atoms with Crippen LogP contribution in [0.5, 0.6) is 0 Å². The monoisotopic (exact) mass is 531 g/mol. The molecular weight excluding hydrogens is 498 g/mol. The van der Waals surface area contributed by atoms with Crippen LogP contribution in [-0.2, 0) is 29.2 Å². The minimum atomic E-state index is -0.863. The van der Waals surface area contributed by atoms with Gasteiger partial charge < -0.3 is 25.4 Å². The maximum atomic E-state index is 13.5. The van der Waals surface area contributed by atoms with Gasteiger partial charge in [0, 0.05) is 54.4 Å². The maximum Gasteiger partial charge on any atom is 0.303 e. The SMILES string of the molecule is CNC(=O)c1ccc2c(C)cn(C(C)C(=O)Nc3cc(Cc4cnn(CO)c4)ccc3CCCC(=O)O)c2c1. The molecule has 39 heavy (non-hydrogen) atoms. The van der Waals surface area contributed by atoms with Crippen molar-refractivity contribution in [3.05, 3.63) is 82.8 Å². The van der Waals surface area contributed by atoms with E-state index in [-0.39, 0.29) is 25.0 Å². The van der Waals surface area contributed by atoms with Gasteiger partial charge in [-0.2, -0.15) is 5.10 Å². The molecule has 2 amide bonds. The van der Waals surface area contributed by atoms with Crippen LogP contribution >= 0.6 is 0 Å². The Morgan fingerprint density at radius 3 is 2.56 bits per heavy atom. The molecule has 0 aliphatic carbocycles. The Hall–Kier alpha value is -4.44. The van der Waals surface area contributed by atoms with Crippen LogP contribution in [-0.4, -0.2) is 49.4 Å². The molecular formula is C29H33N5O5. The number of aliphatic hydroxyl groups is 1. The summed E-state index contributed by atoms with van der Waals surface area (Å²) in [6, 6.07) is 10.6. The van der Waals surface area contributed by atoms with Gasteiger partial charge in [-0.3, -0.25) is 14.4 Å². The van der Waals surface area contributed by atoms with Gasteiger partial charge in [0.15, 0.2) is 0 Å². The van der Waals surface area contributed by atoms with E-state index in [2.05, 4.69) is 15.7 Å². The number of aryl methyl sites for hydroxylation is 2. The average molecular weight is 532 g/mol. The van der Waals surface area contributed by atoms with Crippen molar-refractivity contribution < 1.29 is 24.6 Å². The zero-order valence-electron chi connectivity index (χ0n) is 22.3. The molecule has 1 atom stereocenters. The summed E-state index contributed by atoms with van der Waals surface area (Å²) in [5.41, 5.74) is 5.62. The molecule has 0 aliphatic rings. The number of rotatable bonds is 11. The summed E-state index contributed by atoms with van der Waals surface area (Å²) >= 11 is 0. The first kappa shape index (κ1) is 27.6. The van der Waals surface area contributed by atoms with Gasteiger partial charge in [0.1, 0.15) is 12.8 Å². The first-order valence-electron chi connectivity index (χ1n) is 12.8. The number of hydrogen-bond donors (Lipinski definition) is 4. The molecule has 1 unspecified atom stereocenters. The molecule has 10 heteroatoms. The zero-order valence-corrected chi connectivity index (χ0v) is 22.3. The summed E-state index contributed by atoms with van der Waals surface area (Å²) in [4.78, 5) is 36.8. The second kappa shape index (κ2) is 12.0. The normalized spacial score (nSPS) is 11.9. The van der Waals surface area contributed by atoms with Crippen LogP contribution in [0.15, 0.2) is 55.0 Å². The summed E-state index contributed by atoms with van der Waals surface area (Å²) in [6.45, 7) is 3.56. The Balaban J connectivity index is 1.62. The predicted molar refractivity (Wildman–Crippen MR) is 148 cm³/mol. The highest BCUT2D eigenvalue weighted by Gasteiger charge is 2.20. The lowest BCUT2D eigenvalue weighted by molar-refractivity contribution is -0.137. The number of carboxylic acids is 1. The number of aromatic nitrogens is 3. The maximum absolute atomic E-state index is 13.5. The van der Waals surface area contributed by atoms with E-state index >= 15 is 0 Å². The van der Waals surface area contributed by atoms with Crippen molar-refractivity contribution >= 4 is 34.4 Å². The Kier molecular flexibility index (Phi) is 8.46. The molecule has 0 radical (unpaired) electrons. The molecule has 2 heterocycles. The van der Waals surface area contributed by atoms with Gasteiger partial charge >= 0.3 is 5.97 Å². The molecule has 10 nitrogen and oxygen atoms in total. The van der Waals surface area contributed by atoms with Gasteiger partial charge in [-0.25, -0.2) is 4.68 Å². The molecule has 2 aromatic carbocycles. The van der Waals surface area contributed by atoms with E-state index in [9.17, 15) is 19.5 Å². The summed E-state index contributed by atoms with van der Waals surface area (Å²) in [5.74, 6) is -1.30. The van der Waals surface area contributed by atoms with Crippen molar-refractivity contribution in [2.24, 2.45) is 0 Å². The van der Waals surface area contributed by atoms with Gasteiger partial charge in [-0.05, 0) is 67.1 Å². The first-order chi connectivity index (χ1) is 18.7. The van der Waals surface area contributed by atoms with Crippen LogP contribution in [0.1, 0.15) is 58.4 Å². The van der Waals surface area contributed by atoms with Crippen LogP contribution in [0, 0.1) is 6.92 Å². The minimum absolute atomic E-state index is 0.0359. The lowest BCUT2D eigenvalue weighted by atomic mass is 10.0. The highest BCUT2D eigenvalue weighted by Crippen LogP contribution is 2.28. The predicted octanol–water partition coefficient (Wildman–Crippen LogP) is 3.65. The molecule has 0 saturated carbocycles. The first-order valence-corrected chi connectivity index (χ1v) is 12.8. The third-order valence-corrected chi connectivity index (χ3v) is 6.83. The van der Waals surface area contributed by atoms with Crippen molar-refractivity contribution in [2.75, 3.05) is 12.4 Å². The number of benzene rings is 2. The van der Waals surface area contributed by atoms with Gasteiger partial charge in [0.2, 0.25) is 5.91 Å². The van der Waals surface area contributed by atoms with Crippen molar-refractivity contribution in [3.63, 3.8) is 0 Å². The molecule has 0 bridgehead atoms. The molecule has 4 N–H and O–H groups in total. The number of aliphatic carboxylic acids is 1. The Morgan fingerprint density at radius 1 is 1.08 bits per heavy atom. The summed E-state index contributed by atoms with van der Waals surface area (Å²) in [5, 5.41) is 29.1. The van der Waals surface area contributed by atoms with E-state index in [4.69, 9.17) is 5.11 Å². The Bertz CT molecular complexity index is 1520. The lowest BCUT2D eigenvalue weighted by Gasteiger charge is -2.18. The summed E-state index contributed by atoms with van der Waals surface area (Å²) < 4.78 is 3.29. The highest BCUT2D eigenvalue weighted by atomic mass is 16.4. The number of aliphatic hydroxyl groups excluding tert-OH is 1. The minimum Gasteiger partial charge on any atom is -0.481 e. The van der Waals surface area contributed by atoms with Gasteiger partial charge in [-0.15, -0.1) is 0 Å². The van der Waals surface area contributed by atoms with E-state index in [0.29, 0.717) is 30.5 Å². The number of nitrogens with zero attached hydrogens (tertiary/aromatic N) is 3. The Morgan fingerprint density at radius 2 is 1.87 bits per heavy atom. The fraction of sp³-hybridized carbons (Fsp3) is 0.310. The van der Waals surface area contributed by atoms with Crippen LogP contribution in [0.25, 0.3) is 10.9 Å². The van der Waals surface area contributed by atoms with E-state index in [1.54, 1.807) is 38.5 Å². The third kappa shape index (κ3) is 6.35. The second-order valence-electron chi connectivity index (χ2n) is 9.64. The van der Waals surface area contributed by atoms with Gasteiger partial charge in [0.25, 0.3) is 5.91 Å². The number of carboxylic acid groups (broad SMARTS) is 1. The van der Waals surface area contributed by atoms with Crippen molar-refractivity contribution in [1.29, 1.82) is 0 Å². The number of anilines is 1. The highest BCUT2D eigenvalue weighted by molar-refractivity contribution is 6.00. The molecule has 2 aromatic heterocycles. The second-order valence-corrected chi connectivity index (χ2v) is 9.64. The van der Waals surface area contributed by atoms with Crippen LogP contribution in [0.4, 0.5) is 5.69 Å². The van der Waals surface area contributed by atoms with Crippen molar-refractivity contribution in [1.82, 2.24) is 19.7 Å². The number of amides is 2. The third-order valence-electron chi connectivity index (χ3n) is 6.83.